The molecule has 0 aromatic carbocycles. The number of allylic oxidation sites excluding steroid dienone is 1. The molecule has 0 amide bonds. The summed E-state index contributed by atoms with van der Waals surface area (Å²) in [6, 6.07) is 0. The molecule has 55 valence electrons. The summed E-state index contributed by atoms with van der Waals surface area (Å²) in [4.78, 5) is 0. The van der Waals surface area contributed by atoms with Crippen LogP contribution in [0.1, 0.15) is 6.92 Å². The van der Waals surface area contributed by atoms with Crippen LogP contribution in [0.4, 0.5) is 0 Å². The largest absolute Gasteiger partial charge is 0.537 e. The van der Waals surface area contributed by atoms with E-state index >= 15 is 0 Å². The van der Waals surface area contributed by atoms with E-state index in [1.54, 1.807) is 6.92 Å². The van der Waals surface area contributed by atoms with Gasteiger partial charge in [0.15, 0.2) is 0 Å². The minimum atomic E-state index is 0. The first-order valence-corrected chi connectivity index (χ1v) is 2.30. The van der Waals surface area contributed by atoms with E-state index in [4.69, 9.17) is 4.74 Å². The molecule has 0 saturated carbocycles. The topological polar surface area (TPSA) is 21.3 Å². The van der Waals surface area contributed by atoms with Crippen molar-refractivity contribution in [2.75, 3.05) is 6.73 Å². The first-order valence-electron chi connectivity index (χ1n) is 2.30. The predicted octanol–water partition coefficient (Wildman–Crippen LogP) is 1.03. The molecule has 0 heterocycles. The molecule has 0 fully saturated rings. The van der Waals surface area contributed by atoms with E-state index in [-0.39, 0.29) is 19.5 Å². The smallest absolute Gasteiger partial charge is 0.128 e. The van der Waals surface area contributed by atoms with Gasteiger partial charge in [0, 0.05) is 19.5 Å². The summed E-state index contributed by atoms with van der Waals surface area (Å²) < 4.78 is 4.87. The van der Waals surface area contributed by atoms with Crippen LogP contribution in [0.5, 0.6) is 0 Å². The van der Waals surface area contributed by atoms with E-state index in [2.05, 4.69) is 24.7 Å². The molecule has 1 N–H and O–H groups in total. The molecule has 0 aliphatic carbocycles. The second-order valence-corrected chi connectivity index (χ2v) is 1.34. The third-order valence-electron chi connectivity index (χ3n) is 0.516. The molecular formula is C6H10NORh-. The third-order valence-corrected chi connectivity index (χ3v) is 0.516. The molecule has 0 atom stereocenters. The van der Waals surface area contributed by atoms with Crippen LogP contribution in [0.25, 0.3) is 0 Å². The quantitative estimate of drug-likeness (QED) is 0.189. The fourth-order valence-electron chi connectivity index (χ4n) is 0.210. The first-order chi connectivity index (χ1) is 3.77. The molecule has 0 saturated heterocycles. The van der Waals surface area contributed by atoms with E-state index in [1.165, 1.54) is 0 Å². The number of hydrogen-bond donors (Lipinski definition) is 1. The van der Waals surface area contributed by atoms with Crippen LogP contribution in [0.2, 0.25) is 0 Å². The molecule has 0 bridgehead atoms. The summed E-state index contributed by atoms with van der Waals surface area (Å²) in [7, 11) is 0. The molecule has 0 aliphatic rings. The summed E-state index contributed by atoms with van der Waals surface area (Å²) in [5, 5.41) is 2.64. The molecular weight excluding hydrogens is 205 g/mol. The summed E-state index contributed by atoms with van der Waals surface area (Å²) >= 11 is 0. The molecule has 2 nitrogen and oxygen atoms in total. The maximum atomic E-state index is 4.87. The van der Waals surface area contributed by atoms with Gasteiger partial charge in [-0.3, -0.25) is 6.58 Å². The Hall–Kier alpha value is -0.297. The second-order valence-electron chi connectivity index (χ2n) is 1.34. The molecule has 0 spiro atoms. The number of nitrogens with one attached hydrogen (secondary N) is 1. The molecule has 3 heteroatoms. The van der Waals surface area contributed by atoms with Crippen LogP contribution in [-0.2, 0) is 24.2 Å². The zero-order valence-electron chi connectivity index (χ0n) is 5.36. The molecule has 0 aromatic heterocycles. The summed E-state index contributed by atoms with van der Waals surface area (Å²) in [5.74, 6) is 0.688. The number of rotatable bonds is 4. The van der Waals surface area contributed by atoms with Gasteiger partial charge in [0.05, 0.1) is 5.76 Å². The van der Waals surface area contributed by atoms with Crippen molar-refractivity contribution in [2.45, 2.75) is 6.92 Å². The van der Waals surface area contributed by atoms with Crippen LogP contribution in [-0.4, -0.2) is 6.73 Å². The fourth-order valence-corrected chi connectivity index (χ4v) is 0.210. The van der Waals surface area contributed by atoms with E-state index in [9.17, 15) is 0 Å². The Balaban J connectivity index is 0. The van der Waals surface area contributed by atoms with Gasteiger partial charge in [0.2, 0.25) is 0 Å². The molecule has 1 radical (unpaired) electrons. The van der Waals surface area contributed by atoms with Gasteiger partial charge in [-0.1, -0.05) is 6.58 Å². The summed E-state index contributed by atoms with van der Waals surface area (Å²) in [6.07, 6.45) is 2.46. The fraction of sp³-hybridized carbons (Fsp3) is 0.333. The van der Waals surface area contributed by atoms with Crippen LogP contribution in [0, 0.1) is 6.20 Å². The molecule has 9 heavy (non-hydrogen) atoms. The SMILES string of the molecule is C=[C-]NCOC(=C)C.[Rh]. The third kappa shape index (κ3) is 11.3. The normalized spacial score (nSPS) is 6.78. The summed E-state index contributed by atoms with van der Waals surface area (Å²) in [5.41, 5.74) is 0. The van der Waals surface area contributed by atoms with Crippen molar-refractivity contribution in [1.82, 2.24) is 5.32 Å². The standard InChI is InChI=1S/C6H10NO.Rh/c1-4-7-5-8-6(2)3;/h7H,1-2,5H2,3H3;/q-1;. The monoisotopic (exact) mass is 215 g/mol. The van der Waals surface area contributed by atoms with Crippen molar-refractivity contribution in [3.63, 3.8) is 0 Å². The van der Waals surface area contributed by atoms with Gasteiger partial charge in [-0.15, -0.1) is 0 Å². The maximum absolute atomic E-state index is 4.87. The Morgan fingerprint density at radius 3 is 2.67 bits per heavy atom. The van der Waals surface area contributed by atoms with Crippen LogP contribution in [0.3, 0.4) is 0 Å². The van der Waals surface area contributed by atoms with Crippen molar-refractivity contribution in [3.8, 4) is 0 Å². The number of ether oxygens (including phenoxy) is 1. The molecule has 0 aromatic rings. The van der Waals surface area contributed by atoms with Gasteiger partial charge >= 0.3 is 0 Å². The first kappa shape index (κ1) is 11.5. The zero-order valence-corrected chi connectivity index (χ0v) is 7.00. The second kappa shape index (κ2) is 7.70. The predicted molar refractivity (Wildman–Crippen MR) is 32.8 cm³/mol. The number of hydrogen-bond acceptors (Lipinski definition) is 2. The zero-order chi connectivity index (χ0) is 6.41. The van der Waals surface area contributed by atoms with Crippen LogP contribution in [0.15, 0.2) is 18.9 Å². The van der Waals surface area contributed by atoms with Crippen LogP contribution < -0.4 is 5.32 Å². The Labute approximate surface area is 68.7 Å². The average molecular weight is 215 g/mol. The van der Waals surface area contributed by atoms with Gasteiger partial charge in [-0.05, 0) is 6.92 Å². The Kier molecular flexibility index (Phi) is 9.84. The van der Waals surface area contributed by atoms with Crippen molar-refractivity contribution in [3.05, 3.63) is 25.1 Å². The van der Waals surface area contributed by atoms with Crippen molar-refractivity contribution in [2.24, 2.45) is 0 Å². The molecule has 0 rings (SSSR count). The van der Waals surface area contributed by atoms with E-state index in [0.717, 1.165) is 0 Å². The molecule has 0 unspecified atom stereocenters. The van der Waals surface area contributed by atoms with Gasteiger partial charge < -0.3 is 16.3 Å². The molecule has 0 aliphatic heterocycles. The Bertz CT molecular complexity index is 93.1. The average Bonchev–Trinajstić information content (AvgIpc) is 1.66. The minimum absolute atomic E-state index is 0. The van der Waals surface area contributed by atoms with Gasteiger partial charge in [-0.25, -0.2) is 0 Å². The van der Waals surface area contributed by atoms with Crippen molar-refractivity contribution < 1.29 is 24.2 Å². The van der Waals surface area contributed by atoms with E-state index < -0.39 is 0 Å². The summed E-state index contributed by atoms with van der Waals surface area (Å²) in [6.45, 7) is 9.01. The van der Waals surface area contributed by atoms with Crippen molar-refractivity contribution >= 4 is 0 Å². The van der Waals surface area contributed by atoms with Gasteiger partial charge in [-0.2, -0.15) is 0 Å². The van der Waals surface area contributed by atoms with E-state index in [1.807, 2.05) is 0 Å². The Morgan fingerprint density at radius 2 is 2.33 bits per heavy atom. The minimum Gasteiger partial charge on any atom is -0.537 e. The van der Waals surface area contributed by atoms with Crippen LogP contribution >= 0.6 is 0 Å². The van der Waals surface area contributed by atoms with Crippen molar-refractivity contribution in [1.29, 1.82) is 0 Å². The van der Waals surface area contributed by atoms with Gasteiger partial charge in [0.1, 0.15) is 6.73 Å². The Morgan fingerprint density at radius 1 is 1.78 bits per heavy atom. The van der Waals surface area contributed by atoms with Gasteiger partial charge in [0.25, 0.3) is 0 Å². The maximum Gasteiger partial charge on any atom is 0.128 e. The van der Waals surface area contributed by atoms with E-state index in [0.29, 0.717) is 12.5 Å².